The highest BCUT2D eigenvalue weighted by Gasteiger charge is 2.30. The number of amides is 1. The fraction of sp³-hybridized carbons (Fsp3) is 0.762. The number of nitrogens with zero attached hydrogens (tertiary/aromatic N) is 4. The maximum absolute atomic E-state index is 12.7. The molecular weight excluding hydrogens is 497 g/mol. The zero-order chi connectivity index (χ0) is 20.9. The van der Waals surface area contributed by atoms with Gasteiger partial charge < -0.3 is 24.3 Å². The van der Waals surface area contributed by atoms with Crippen LogP contribution in [0.3, 0.4) is 0 Å². The van der Waals surface area contributed by atoms with E-state index in [1.54, 1.807) is 6.20 Å². The van der Waals surface area contributed by atoms with Gasteiger partial charge in [0.2, 0.25) is 11.8 Å². The number of ether oxygens (including phenoxy) is 1. The van der Waals surface area contributed by atoms with E-state index in [4.69, 9.17) is 14.1 Å². The first kappa shape index (κ1) is 24.9. The van der Waals surface area contributed by atoms with E-state index in [0.29, 0.717) is 25.6 Å². The van der Waals surface area contributed by atoms with Gasteiger partial charge in [-0.15, -0.1) is 24.0 Å². The van der Waals surface area contributed by atoms with Crippen LogP contribution < -0.4 is 5.32 Å². The number of nitrogens with one attached hydrogen (secondary N) is 1. The summed E-state index contributed by atoms with van der Waals surface area (Å²) in [6, 6.07) is 0. The highest BCUT2D eigenvalue weighted by molar-refractivity contribution is 14.0. The van der Waals surface area contributed by atoms with Gasteiger partial charge in [0.05, 0.1) is 19.4 Å². The number of hydrogen-bond acceptors (Lipinski definition) is 5. The second kappa shape index (κ2) is 11.3. The monoisotopic (exact) mass is 533 g/mol. The van der Waals surface area contributed by atoms with Crippen molar-refractivity contribution in [3.8, 4) is 0 Å². The number of aliphatic imine (C=N–C) groups is 1. The van der Waals surface area contributed by atoms with Crippen LogP contribution in [0.1, 0.15) is 52.2 Å². The summed E-state index contributed by atoms with van der Waals surface area (Å²) in [7, 11) is 0. The second-order valence-electron chi connectivity index (χ2n) is 8.74. The normalized spacial score (nSPS) is 18.9. The van der Waals surface area contributed by atoms with Crippen LogP contribution >= 0.6 is 24.0 Å². The lowest BCUT2D eigenvalue weighted by Gasteiger charge is -2.36. The number of carbonyl (C=O) groups is 1. The van der Waals surface area contributed by atoms with Crippen molar-refractivity contribution in [2.24, 2.45) is 10.9 Å². The predicted octanol–water partition coefficient (Wildman–Crippen LogP) is 2.63. The van der Waals surface area contributed by atoms with Gasteiger partial charge in [-0.2, -0.15) is 0 Å². The van der Waals surface area contributed by atoms with E-state index in [0.717, 1.165) is 57.3 Å². The fourth-order valence-corrected chi connectivity index (χ4v) is 3.68. The first-order valence-electron chi connectivity index (χ1n) is 10.7. The molecular formula is C21H36IN5O3. The Morgan fingerprint density at radius 1 is 1.20 bits per heavy atom. The molecule has 1 amide bonds. The first-order valence-corrected chi connectivity index (χ1v) is 10.7. The van der Waals surface area contributed by atoms with Gasteiger partial charge in [-0.1, -0.05) is 20.8 Å². The van der Waals surface area contributed by atoms with Gasteiger partial charge in [0.1, 0.15) is 12.3 Å². The number of rotatable bonds is 4. The van der Waals surface area contributed by atoms with Crippen molar-refractivity contribution in [3.63, 3.8) is 0 Å². The van der Waals surface area contributed by atoms with Gasteiger partial charge in [0, 0.05) is 44.1 Å². The van der Waals surface area contributed by atoms with Crippen molar-refractivity contribution in [1.29, 1.82) is 0 Å². The van der Waals surface area contributed by atoms with Crippen LogP contribution in [0, 0.1) is 5.92 Å². The molecule has 3 rings (SSSR count). The summed E-state index contributed by atoms with van der Waals surface area (Å²) < 4.78 is 11.2. The maximum atomic E-state index is 12.7. The Kier molecular flexibility index (Phi) is 9.39. The van der Waals surface area contributed by atoms with Crippen molar-refractivity contribution >= 4 is 35.8 Å². The number of hydrogen-bond donors (Lipinski definition) is 1. The second-order valence-corrected chi connectivity index (χ2v) is 8.74. The number of carbonyl (C=O) groups excluding carboxylic acids is 1. The molecule has 0 atom stereocenters. The molecule has 1 aromatic rings. The Labute approximate surface area is 196 Å². The summed E-state index contributed by atoms with van der Waals surface area (Å²) in [5, 5.41) is 3.36. The van der Waals surface area contributed by atoms with E-state index in [1.807, 2.05) is 4.90 Å². The lowest BCUT2D eigenvalue weighted by Crippen LogP contribution is -2.50. The molecule has 9 heteroatoms. The van der Waals surface area contributed by atoms with E-state index in [-0.39, 0.29) is 41.2 Å². The molecule has 2 aliphatic rings. The van der Waals surface area contributed by atoms with Crippen LogP contribution in [-0.2, 0) is 21.5 Å². The Morgan fingerprint density at radius 3 is 2.43 bits per heavy atom. The van der Waals surface area contributed by atoms with Crippen molar-refractivity contribution in [1.82, 2.24) is 20.1 Å². The standard InChI is InChI=1S/C21H35N5O3.HI/c1-5-22-20(24-15-18-23-14-17(29-18)21(2,3)4)26-8-6-16(7-9-26)19(27)25-10-12-28-13-11-25;/h14,16H,5-13,15H2,1-4H3,(H,22,24);1H. The quantitative estimate of drug-likeness (QED) is 0.364. The Morgan fingerprint density at radius 2 is 1.87 bits per heavy atom. The van der Waals surface area contributed by atoms with E-state index in [9.17, 15) is 4.79 Å². The highest BCUT2D eigenvalue weighted by Crippen LogP contribution is 2.23. The van der Waals surface area contributed by atoms with Gasteiger partial charge in [-0.25, -0.2) is 9.98 Å². The van der Waals surface area contributed by atoms with Crippen molar-refractivity contribution < 1.29 is 13.9 Å². The SMILES string of the molecule is CCNC(=NCc1ncc(C(C)(C)C)o1)N1CCC(C(=O)N2CCOCC2)CC1.I. The molecule has 0 aromatic carbocycles. The van der Waals surface area contributed by atoms with Crippen molar-refractivity contribution in [2.75, 3.05) is 45.9 Å². The lowest BCUT2D eigenvalue weighted by molar-refractivity contribution is -0.140. The van der Waals surface area contributed by atoms with Crippen molar-refractivity contribution in [2.45, 2.75) is 52.5 Å². The number of guanidine groups is 1. The number of likely N-dealkylation sites (tertiary alicyclic amines) is 1. The molecule has 8 nitrogen and oxygen atoms in total. The molecule has 170 valence electrons. The first-order chi connectivity index (χ1) is 13.9. The topological polar surface area (TPSA) is 83.2 Å². The van der Waals surface area contributed by atoms with Crippen molar-refractivity contribution in [3.05, 3.63) is 17.8 Å². The summed E-state index contributed by atoms with van der Waals surface area (Å²) in [5.41, 5.74) is -0.0611. The average Bonchev–Trinajstić information content (AvgIpc) is 3.21. The number of piperidine rings is 1. The minimum Gasteiger partial charge on any atom is -0.443 e. The molecule has 1 aromatic heterocycles. The zero-order valence-corrected chi connectivity index (χ0v) is 21.0. The van der Waals surface area contributed by atoms with Crippen LogP contribution in [-0.4, -0.2) is 72.6 Å². The summed E-state index contributed by atoms with van der Waals surface area (Å²) in [5.74, 6) is 2.75. The molecule has 2 saturated heterocycles. The molecule has 0 radical (unpaired) electrons. The van der Waals surface area contributed by atoms with Crippen LogP contribution in [0.15, 0.2) is 15.6 Å². The summed E-state index contributed by atoms with van der Waals surface area (Å²) in [6.07, 6.45) is 3.50. The summed E-state index contributed by atoms with van der Waals surface area (Å²) in [6.45, 7) is 14.0. The van der Waals surface area contributed by atoms with Gasteiger partial charge in [0.15, 0.2) is 5.96 Å². The number of oxazole rings is 1. The van der Waals surface area contributed by atoms with Gasteiger partial charge in [-0.3, -0.25) is 4.79 Å². The minimum absolute atomic E-state index is 0. The van der Waals surface area contributed by atoms with Crippen LogP contribution in [0.4, 0.5) is 0 Å². The summed E-state index contributed by atoms with van der Waals surface area (Å²) in [4.78, 5) is 26.0. The maximum Gasteiger partial charge on any atom is 0.225 e. The third-order valence-corrected chi connectivity index (χ3v) is 5.46. The van der Waals surface area contributed by atoms with Crippen LogP contribution in [0.25, 0.3) is 0 Å². The average molecular weight is 533 g/mol. The number of morpholine rings is 1. The third-order valence-electron chi connectivity index (χ3n) is 5.46. The smallest absolute Gasteiger partial charge is 0.225 e. The predicted molar refractivity (Wildman–Crippen MR) is 127 cm³/mol. The zero-order valence-electron chi connectivity index (χ0n) is 18.6. The molecule has 2 fully saturated rings. The van der Waals surface area contributed by atoms with E-state index in [2.05, 4.69) is 42.9 Å². The van der Waals surface area contributed by atoms with E-state index >= 15 is 0 Å². The molecule has 0 bridgehead atoms. The molecule has 30 heavy (non-hydrogen) atoms. The molecule has 0 aliphatic carbocycles. The summed E-state index contributed by atoms with van der Waals surface area (Å²) >= 11 is 0. The van der Waals surface area contributed by atoms with E-state index < -0.39 is 0 Å². The molecule has 0 spiro atoms. The number of aromatic nitrogens is 1. The lowest BCUT2D eigenvalue weighted by atomic mass is 9.94. The Hall–Kier alpha value is -1.36. The van der Waals surface area contributed by atoms with Gasteiger partial charge in [-0.05, 0) is 19.8 Å². The van der Waals surface area contributed by atoms with Gasteiger partial charge >= 0.3 is 0 Å². The number of halogens is 1. The fourth-order valence-electron chi connectivity index (χ4n) is 3.68. The Balaban J connectivity index is 0.00000320. The molecule has 0 unspecified atom stereocenters. The van der Waals surface area contributed by atoms with Crippen LogP contribution in [0.2, 0.25) is 0 Å². The highest BCUT2D eigenvalue weighted by atomic mass is 127. The largest absolute Gasteiger partial charge is 0.443 e. The third kappa shape index (κ3) is 6.57. The molecule has 2 aliphatic heterocycles. The van der Waals surface area contributed by atoms with Crippen LogP contribution in [0.5, 0.6) is 0 Å². The molecule has 1 N–H and O–H groups in total. The molecule has 3 heterocycles. The minimum atomic E-state index is -0.0611. The van der Waals surface area contributed by atoms with E-state index in [1.165, 1.54) is 0 Å². The Bertz CT molecular complexity index is 702. The molecule has 0 saturated carbocycles. The van der Waals surface area contributed by atoms with Gasteiger partial charge in [0.25, 0.3) is 0 Å².